The van der Waals surface area contributed by atoms with Crippen LogP contribution >= 0.6 is 11.8 Å². The number of hydrogen-bond acceptors (Lipinski definition) is 4. The topological polar surface area (TPSA) is 69.1 Å². The summed E-state index contributed by atoms with van der Waals surface area (Å²) in [4.78, 5) is 15.5. The average molecular weight is 302 g/mol. The summed E-state index contributed by atoms with van der Waals surface area (Å²) >= 11 is 1.37. The number of aromatic nitrogens is 1. The van der Waals surface area contributed by atoms with Crippen LogP contribution in [0.1, 0.15) is 15.9 Å². The molecule has 0 unspecified atom stereocenters. The third kappa shape index (κ3) is 2.90. The summed E-state index contributed by atoms with van der Waals surface area (Å²) in [5.41, 5.74) is 6.86. The van der Waals surface area contributed by atoms with Gasteiger partial charge in [-0.2, -0.15) is 0 Å². The number of nitrogens with two attached hydrogens (primary N) is 1. The van der Waals surface area contributed by atoms with Crippen LogP contribution in [0, 0.1) is 5.82 Å². The van der Waals surface area contributed by atoms with Crippen molar-refractivity contribution in [2.75, 3.05) is 0 Å². The van der Waals surface area contributed by atoms with Gasteiger partial charge in [-0.25, -0.2) is 9.37 Å². The number of thioether (sulfide) groups is 1. The molecule has 0 bridgehead atoms. The summed E-state index contributed by atoms with van der Waals surface area (Å²) in [6, 6.07) is 12.1. The molecular formula is C15H11FN2O2S. The average Bonchev–Trinajstić information content (AvgIpc) is 2.87. The first-order chi connectivity index (χ1) is 10.1. The molecule has 2 aromatic carbocycles. The first kappa shape index (κ1) is 13.6. The van der Waals surface area contributed by atoms with E-state index in [0.29, 0.717) is 16.5 Å². The van der Waals surface area contributed by atoms with E-state index in [-0.39, 0.29) is 11.1 Å². The maximum absolute atomic E-state index is 13.4. The minimum atomic E-state index is -0.741. The van der Waals surface area contributed by atoms with E-state index >= 15 is 0 Å². The van der Waals surface area contributed by atoms with Crippen LogP contribution in [0.4, 0.5) is 4.39 Å². The number of carbonyl (C=O) groups is 1. The fourth-order valence-electron chi connectivity index (χ4n) is 1.94. The van der Waals surface area contributed by atoms with Crippen molar-refractivity contribution >= 4 is 28.8 Å². The normalized spacial score (nSPS) is 10.9. The second-order valence-corrected chi connectivity index (χ2v) is 5.35. The van der Waals surface area contributed by atoms with Gasteiger partial charge in [0.25, 0.3) is 11.1 Å². The van der Waals surface area contributed by atoms with E-state index in [4.69, 9.17) is 10.2 Å². The van der Waals surface area contributed by atoms with Crippen molar-refractivity contribution in [2.24, 2.45) is 5.73 Å². The summed E-state index contributed by atoms with van der Waals surface area (Å²) in [5, 5.41) is 0.377. The highest BCUT2D eigenvalue weighted by Gasteiger charge is 2.16. The third-order valence-corrected chi connectivity index (χ3v) is 3.81. The molecule has 0 saturated carbocycles. The van der Waals surface area contributed by atoms with Gasteiger partial charge in [-0.05, 0) is 11.6 Å². The number of halogens is 1. The number of oxazole rings is 1. The Morgan fingerprint density at radius 2 is 2.05 bits per heavy atom. The molecule has 3 rings (SSSR count). The Bertz CT molecular complexity index is 802. The summed E-state index contributed by atoms with van der Waals surface area (Å²) in [6.07, 6.45) is 0. The lowest BCUT2D eigenvalue weighted by atomic mass is 10.2. The highest BCUT2D eigenvalue weighted by atomic mass is 32.2. The molecule has 0 aliphatic rings. The van der Waals surface area contributed by atoms with Crippen molar-refractivity contribution in [1.82, 2.24) is 4.98 Å². The van der Waals surface area contributed by atoms with Crippen LogP contribution in [-0.2, 0) is 5.75 Å². The second kappa shape index (κ2) is 5.57. The lowest BCUT2D eigenvalue weighted by Crippen LogP contribution is -2.11. The van der Waals surface area contributed by atoms with Crippen LogP contribution in [0.2, 0.25) is 0 Å². The van der Waals surface area contributed by atoms with Gasteiger partial charge in [-0.1, -0.05) is 42.1 Å². The van der Waals surface area contributed by atoms with Crippen molar-refractivity contribution in [1.29, 1.82) is 0 Å². The van der Waals surface area contributed by atoms with Crippen molar-refractivity contribution in [3.05, 3.63) is 59.4 Å². The van der Waals surface area contributed by atoms with Gasteiger partial charge < -0.3 is 10.2 Å². The van der Waals surface area contributed by atoms with Crippen LogP contribution in [0.5, 0.6) is 0 Å². The maximum atomic E-state index is 13.4. The molecule has 21 heavy (non-hydrogen) atoms. The monoisotopic (exact) mass is 302 g/mol. The van der Waals surface area contributed by atoms with Gasteiger partial charge in [-0.3, -0.25) is 4.79 Å². The van der Waals surface area contributed by atoms with Gasteiger partial charge in [0.15, 0.2) is 5.58 Å². The number of nitrogens with zero attached hydrogens (tertiary/aromatic N) is 1. The molecule has 0 fully saturated rings. The second-order valence-electron chi connectivity index (χ2n) is 4.42. The Balaban J connectivity index is 1.90. The van der Waals surface area contributed by atoms with E-state index in [1.807, 2.05) is 30.3 Å². The standard InChI is InChI=1S/C15H11FN2O2S/c16-10-6-11(14(17)19)13-12(7-10)18-15(20-13)21-8-9-4-2-1-3-5-9/h1-7H,8H2,(H2,17,19). The molecule has 0 atom stereocenters. The Kier molecular flexibility index (Phi) is 3.62. The van der Waals surface area contributed by atoms with Gasteiger partial charge in [0.1, 0.15) is 11.3 Å². The van der Waals surface area contributed by atoms with Gasteiger partial charge >= 0.3 is 0 Å². The lowest BCUT2D eigenvalue weighted by Gasteiger charge is -1.97. The zero-order valence-electron chi connectivity index (χ0n) is 10.9. The number of benzene rings is 2. The predicted molar refractivity (Wildman–Crippen MR) is 78.5 cm³/mol. The van der Waals surface area contributed by atoms with Gasteiger partial charge in [0, 0.05) is 11.8 Å². The van der Waals surface area contributed by atoms with Gasteiger partial charge in [-0.15, -0.1) is 0 Å². The highest BCUT2D eigenvalue weighted by molar-refractivity contribution is 7.98. The Morgan fingerprint density at radius 1 is 1.29 bits per heavy atom. The zero-order valence-corrected chi connectivity index (χ0v) is 11.7. The number of primary amides is 1. The van der Waals surface area contributed by atoms with E-state index in [2.05, 4.69) is 4.98 Å². The number of fused-ring (bicyclic) bond motifs is 1. The minimum Gasteiger partial charge on any atom is -0.430 e. The van der Waals surface area contributed by atoms with Crippen LogP contribution in [-0.4, -0.2) is 10.9 Å². The fraction of sp³-hybridized carbons (Fsp3) is 0.0667. The van der Waals surface area contributed by atoms with Gasteiger partial charge in [0.2, 0.25) is 0 Å². The molecule has 106 valence electrons. The Morgan fingerprint density at radius 3 is 2.76 bits per heavy atom. The van der Waals surface area contributed by atoms with E-state index in [9.17, 15) is 9.18 Å². The van der Waals surface area contributed by atoms with Crippen molar-refractivity contribution < 1.29 is 13.6 Å². The van der Waals surface area contributed by atoms with Crippen molar-refractivity contribution in [3.8, 4) is 0 Å². The van der Waals surface area contributed by atoms with Crippen LogP contribution < -0.4 is 5.73 Å². The SMILES string of the molecule is NC(=O)c1cc(F)cc2nc(SCc3ccccc3)oc12. The number of rotatable bonds is 4. The molecule has 3 aromatic rings. The molecule has 1 aromatic heterocycles. The summed E-state index contributed by atoms with van der Waals surface area (Å²) in [7, 11) is 0. The van der Waals surface area contributed by atoms with E-state index in [0.717, 1.165) is 11.6 Å². The molecule has 6 heteroatoms. The smallest absolute Gasteiger partial charge is 0.257 e. The molecule has 1 heterocycles. The molecule has 1 amide bonds. The molecule has 0 saturated heterocycles. The minimum absolute atomic E-state index is 0.00376. The Hall–Kier alpha value is -2.34. The van der Waals surface area contributed by atoms with Crippen molar-refractivity contribution in [2.45, 2.75) is 11.0 Å². The molecular weight excluding hydrogens is 291 g/mol. The molecule has 0 radical (unpaired) electrons. The van der Waals surface area contributed by atoms with E-state index < -0.39 is 11.7 Å². The quantitative estimate of drug-likeness (QED) is 0.750. The highest BCUT2D eigenvalue weighted by Crippen LogP contribution is 2.28. The fourth-order valence-corrected chi connectivity index (χ4v) is 2.73. The molecule has 2 N–H and O–H groups in total. The first-order valence-electron chi connectivity index (χ1n) is 6.20. The largest absolute Gasteiger partial charge is 0.430 e. The molecule has 0 spiro atoms. The maximum Gasteiger partial charge on any atom is 0.257 e. The zero-order chi connectivity index (χ0) is 14.8. The van der Waals surface area contributed by atoms with Crippen molar-refractivity contribution in [3.63, 3.8) is 0 Å². The Labute approximate surface area is 124 Å². The number of amides is 1. The van der Waals surface area contributed by atoms with E-state index in [1.54, 1.807) is 0 Å². The van der Waals surface area contributed by atoms with E-state index in [1.165, 1.54) is 17.8 Å². The van der Waals surface area contributed by atoms with Crippen LogP contribution in [0.3, 0.4) is 0 Å². The molecule has 0 aliphatic heterocycles. The van der Waals surface area contributed by atoms with Gasteiger partial charge in [0.05, 0.1) is 5.56 Å². The van der Waals surface area contributed by atoms with Crippen LogP contribution in [0.15, 0.2) is 52.1 Å². The molecule has 4 nitrogen and oxygen atoms in total. The van der Waals surface area contributed by atoms with Crippen LogP contribution in [0.25, 0.3) is 11.1 Å². The first-order valence-corrected chi connectivity index (χ1v) is 7.18. The molecule has 0 aliphatic carbocycles. The predicted octanol–water partition coefficient (Wildman–Crippen LogP) is 3.36. The summed E-state index contributed by atoms with van der Waals surface area (Å²) in [5.74, 6) is -0.637. The summed E-state index contributed by atoms with van der Waals surface area (Å²) in [6.45, 7) is 0. The number of carbonyl (C=O) groups excluding carboxylic acids is 1. The number of hydrogen-bond donors (Lipinski definition) is 1. The summed E-state index contributed by atoms with van der Waals surface area (Å²) < 4.78 is 18.9. The third-order valence-electron chi connectivity index (χ3n) is 2.91. The lowest BCUT2D eigenvalue weighted by molar-refractivity contribution is 0.100.